The van der Waals surface area contributed by atoms with E-state index < -0.39 is 24.5 Å². The fourth-order valence-corrected chi connectivity index (χ4v) is 3.51. The van der Waals surface area contributed by atoms with E-state index in [2.05, 4.69) is 5.32 Å². The van der Waals surface area contributed by atoms with Crippen LogP contribution in [0.2, 0.25) is 0 Å². The van der Waals surface area contributed by atoms with Crippen LogP contribution in [-0.2, 0) is 22.4 Å². The summed E-state index contributed by atoms with van der Waals surface area (Å²) in [5.74, 6) is -0.617. The largest absolute Gasteiger partial charge is 0.493 e. The first-order valence-corrected chi connectivity index (χ1v) is 11.3. The molecule has 0 bridgehead atoms. The number of benzene rings is 3. The van der Waals surface area contributed by atoms with Crippen molar-refractivity contribution in [3.8, 4) is 11.5 Å². The summed E-state index contributed by atoms with van der Waals surface area (Å²) in [6.07, 6.45) is 1.07. The van der Waals surface area contributed by atoms with Gasteiger partial charge in [-0.3, -0.25) is 9.59 Å². The number of hydrogen-bond donors (Lipinski definition) is 1. The Morgan fingerprint density at radius 3 is 2.09 bits per heavy atom. The van der Waals surface area contributed by atoms with Crippen LogP contribution in [-0.4, -0.2) is 44.5 Å². The third-order valence-electron chi connectivity index (χ3n) is 5.55. The maximum atomic E-state index is 13.0. The number of nitrogens with one attached hydrogen (secondary N) is 1. The summed E-state index contributed by atoms with van der Waals surface area (Å²) in [6, 6.07) is 20.2. The molecule has 0 aliphatic carbocycles. The van der Waals surface area contributed by atoms with Gasteiger partial charge in [-0.05, 0) is 35.7 Å². The molecule has 0 saturated carbocycles. The molecule has 3 rings (SSSR count). The summed E-state index contributed by atoms with van der Waals surface area (Å²) in [4.78, 5) is 38.4. The highest BCUT2D eigenvalue weighted by atomic mass is 16.5. The van der Waals surface area contributed by atoms with Crippen LogP contribution in [0, 0.1) is 0 Å². The quantitative estimate of drug-likeness (QED) is 0.333. The van der Waals surface area contributed by atoms with Gasteiger partial charge in [0, 0.05) is 17.5 Å². The molecule has 3 aromatic carbocycles. The van der Waals surface area contributed by atoms with Crippen LogP contribution < -0.4 is 14.8 Å². The van der Waals surface area contributed by atoms with Crippen molar-refractivity contribution in [2.24, 2.45) is 0 Å². The third kappa shape index (κ3) is 6.93. The third-order valence-corrected chi connectivity index (χ3v) is 5.55. The Kier molecular flexibility index (Phi) is 9.01. The van der Waals surface area contributed by atoms with Gasteiger partial charge in [0.25, 0.3) is 5.91 Å². The van der Waals surface area contributed by atoms with Crippen LogP contribution in [0.4, 0.5) is 0 Å². The first kappa shape index (κ1) is 25.5. The fraction of sp³-hybridized carbons (Fsp3) is 0.250. The zero-order chi connectivity index (χ0) is 25.2. The van der Waals surface area contributed by atoms with Gasteiger partial charge in [-0.25, -0.2) is 4.79 Å². The van der Waals surface area contributed by atoms with Crippen molar-refractivity contribution in [2.45, 2.75) is 25.8 Å². The molecule has 0 spiro atoms. The van der Waals surface area contributed by atoms with Crippen molar-refractivity contribution in [1.82, 2.24) is 5.32 Å². The lowest BCUT2D eigenvalue weighted by molar-refractivity contribution is -0.144. The Morgan fingerprint density at radius 1 is 0.800 bits per heavy atom. The Labute approximate surface area is 205 Å². The molecule has 0 radical (unpaired) electrons. The predicted molar refractivity (Wildman–Crippen MR) is 132 cm³/mol. The second-order valence-corrected chi connectivity index (χ2v) is 7.87. The number of hydrogen-bond acceptors (Lipinski definition) is 6. The van der Waals surface area contributed by atoms with E-state index >= 15 is 0 Å². The van der Waals surface area contributed by atoms with E-state index in [1.54, 1.807) is 24.3 Å². The fourth-order valence-electron chi connectivity index (χ4n) is 3.51. The molecule has 1 amide bonds. The summed E-state index contributed by atoms with van der Waals surface area (Å²) in [6.45, 7) is 1.61. The minimum atomic E-state index is -0.992. The predicted octanol–water partition coefficient (Wildman–Crippen LogP) is 4.03. The van der Waals surface area contributed by atoms with Gasteiger partial charge in [0.15, 0.2) is 23.9 Å². The lowest BCUT2D eigenvalue weighted by Crippen LogP contribution is -2.43. The van der Waals surface area contributed by atoms with Crippen molar-refractivity contribution in [1.29, 1.82) is 0 Å². The smallest absolute Gasteiger partial charge is 0.329 e. The second-order valence-electron chi connectivity index (χ2n) is 7.87. The molecule has 1 atom stereocenters. The lowest BCUT2D eigenvalue weighted by atomic mass is 10.0. The van der Waals surface area contributed by atoms with Gasteiger partial charge in [-0.15, -0.1) is 0 Å². The molecule has 7 nitrogen and oxygen atoms in total. The second kappa shape index (κ2) is 12.4. The summed E-state index contributed by atoms with van der Waals surface area (Å²) in [7, 11) is 2.98. The van der Waals surface area contributed by atoms with Crippen LogP contribution in [0.25, 0.3) is 0 Å². The maximum absolute atomic E-state index is 13.0. The topological polar surface area (TPSA) is 90.9 Å². The number of carbonyl (C=O) groups excluding carboxylic acids is 3. The van der Waals surface area contributed by atoms with E-state index in [0.29, 0.717) is 22.6 Å². The van der Waals surface area contributed by atoms with Crippen LogP contribution in [0.5, 0.6) is 11.5 Å². The number of esters is 1. The van der Waals surface area contributed by atoms with Crippen molar-refractivity contribution >= 4 is 17.7 Å². The van der Waals surface area contributed by atoms with Crippen molar-refractivity contribution in [3.63, 3.8) is 0 Å². The van der Waals surface area contributed by atoms with Gasteiger partial charge in [0.05, 0.1) is 14.2 Å². The van der Waals surface area contributed by atoms with Crippen molar-refractivity contribution in [3.05, 3.63) is 95.1 Å². The zero-order valence-electron chi connectivity index (χ0n) is 20.1. The molecule has 0 fully saturated rings. The summed E-state index contributed by atoms with van der Waals surface area (Å²) in [5, 5.41) is 2.73. The normalized spacial score (nSPS) is 11.3. The van der Waals surface area contributed by atoms with E-state index in [-0.39, 0.29) is 12.2 Å². The molecule has 35 heavy (non-hydrogen) atoms. The van der Waals surface area contributed by atoms with E-state index in [1.165, 1.54) is 20.3 Å². The minimum Gasteiger partial charge on any atom is -0.493 e. The first-order chi connectivity index (χ1) is 16.9. The Balaban J connectivity index is 1.72. The van der Waals surface area contributed by atoms with Crippen LogP contribution in [0.1, 0.15) is 38.8 Å². The molecule has 182 valence electrons. The van der Waals surface area contributed by atoms with Gasteiger partial charge in [-0.2, -0.15) is 0 Å². The first-order valence-electron chi connectivity index (χ1n) is 11.3. The number of carbonyl (C=O) groups is 3. The maximum Gasteiger partial charge on any atom is 0.329 e. The average molecular weight is 476 g/mol. The molecule has 0 aromatic heterocycles. The highest BCUT2D eigenvalue weighted by Gasteiger charge is 2.25. The van der Waals surface area contributed by atoms with Gasteiger partial charge < -0.3 is 19.5 Å². The molecular weight excluding hydrogens is 446 g/mol. The van der Waals surface area contributed by atoms with E-state index in [4.69, 9.17) is 14.2 Å². The highest BCUT2D eigenvalue weighted by Crippen LogP contribution is 2.27. The summed E-state index contributed by atoms with van der Waals surface area (Å²) >= 11 is 0. The van der Waals surface area contributed by atoms with E-state index in [0.717, 1.165) is 17.5 Å². The molecular formula is C28H29NO6. The number of ketones is 1. The standard InChI is InChI=1S/C28H29NO6/c1-4-19-10-12-21(13-11-19)24(30)18-35-28(32)23(16-20-8-6-5-7-9-20)29-27(31)22-14-15-25(33-2)26(17-22)34-3/h5-15,17,23H,4,16,18H2,1-3H3,(H,29,31)/t23-/m1/s1. The molecule has 1 N–H and O–H groups in total. The lowest BCUT2D eigenvalue weighted by Gasteiger charge is -2.18. The van der Waals surface area contributed by atoms with Crippen LogP contribution in [0.3, 0.4) is 0 Å². The van der Waals surface area contributed by atoms with Gasteiger partial charge in [0.1, 0.15) is 6.04 Å². The van der Waals surface area contributed by atoms with Crippen molar-refractivity contribution in [2.75, 3.05) is 20.8 Å². The molecule has 0 unspecified atom stereocenters. The molecule has 0 aliphatic rings. The van der Waals surface area contributed by atoms with Crippen LogP contribution >= 0.6 is 0 Å². The molecule has 7 heteroatoms. The average Bonchev–Trinajstić information content (AvgIpc) is 2.91. The molecule has 0 heterocycles. The zero-order valence-corrected chi connectivity index (χ0v) is 20.1. The number of Topliss-reactive ketones (excluding diaryl/α,β-unsaturated/α-hetero) is 1. The monoisotopic (exact) mass is 475 g/mol. The Bertz CT molecular complexity index is 1160. The Morgan fingerprint density at radius 2 is 1.46 bits per heavy atom. The molecule has 0 aliphatic heterocycles. The van der Waals surface area contributed by atoms with Crippen molar-refractivity contribution < 1.29 is 28.6 Å². The van der Waals surface area contributed by atoms with Crippen LogP contribution in [0.15, 0.2) is 72.8 Å². The number of amides is 1. The van der Waals surface area contributed by atoms with E-state index in [9.17, 15) is 14.4 Å². The van der Waals surface area contributed by atoms with Gasteiger partial charge in [-0.1, -0.05) is 61.5 Å². The van der Waals surface area contributed by atoms with Gasteiger partial charge >= 0.3 is 5.97 Å². The number of ether oxygens (including phenoxy) is 3. The molecule has 0 saturated heterocycles. The minimum absolute atomic E-state index is 0.206. The number of aryl methyl sites for hydroxylation is 1. The van der Waals surface area contributed by atoms with E-state index in [1.807, 2.05) is 49.4 Å². The number of methoxy groups -OCH3 is 2. The highest BCUT2D eigenvalue weighted by molar-refractivity contribution is 5.99. The summed E-state index contributed by atoms with van der Waals surface area (Å²) in [5.41, 5.74) is 2.70. The SMILES string of the molecule is CCc1ccc(C(=O)COC(=O)[C@@H](Cc2ccccc2)NC(=O)c2ccc(OC)c(OC)c2)cc1. The van der Waals surface area contributed by atoms with Gasteiger partial charge in [0.2, 0.25) is 0 Å². The summed E-state index contributed by atoms with van der Waals surface area (Å²) < 4.78 is 15.8. The number of rotatable bonds is 11. The Hall–Kier alpha value is -4.13. The molecule has 3 aromatic rings.